The van der Waals surface area contributed by atoms with Crippen molar-refractivity contribution < 1.29 is 0 Å². The van der Waals surface area contributed by atoms with E-state index < -0.39 is 0 Å². The number of hydrogen-bond donors (Lipinski definition) is 0. The van der Waals surface area contributed by atoms with Crippen molar-refractivity contribution in [1.29, 1.82) is 0 Å². The Labute approximate surface area is 68.2 Å². The highest BCUT2D eigenvalue weighted by Gasteiger charge is 1.95. The highest BCUT2D eigenvalue weighted by atomic mass is 35.5. The third-order valence-electron chi connectivity index (χ3n) is 0.794. The van der Waals surface area contributed by atoms with Crippen LogP contribution in [0.15, 0.2) is 11.5 Å². The van der Waals surface area contributed by atoms with Crippen molar-refractivity contribution in [2.24, 2.45) is 0 Å². The van der Waals surface area contributed by atoms with Gasteiger partial charge >= 0.3 is 0 Å². The Morgan fingerprint density at radius 2 is 2.40 bits per heavy atom. The van der Waals surface area contributed by atoms with Gasteiger partial charge in [-0.15, -0.1) is 0 Å². The van der Waals surface area contributed by atoms with E-state index in [1.165, 1.54) is 6.33 Å². The van der Waals surface area contributed by atoms with Crippen LogP contribution in [0.5, 0.6) is 0 Å². The molecule has 0 aromatic carbocycles. The molecule has 0 bridgehead atoms. The summed E-state index contributed by atoms with van der Waals surface area (Å²) in [5.74, 6) is 0.945. The molecule has 1 rings (SSSR count). The second kappa shape index (κ2) is 3.73. The Balaban J connectivity index is 2.75. The average Bonchev–Trinajstić information content (AvgIpc) is 1.88. The molecule has 0 aliphatic heterocycles. The zero-order chi connectivity index (χ0) is 7.40. The fourth-order valence-electron chi connectivity index (χ4n) is 0.461. The molecule has 54 valence electrons. The number of halogens is 1. The molecule has 0 aliphatic carbocycles. The molecule has 10 heavy (non-hydrogen) atoms. The van der Waals surface area contributed by atoms with Crippen LogP contribution in [-0.4, -0.2) is 20.7 Å². The molecule has 3 nitrogen and oxygen atoms in total. The molecule has 0 amide bonds. The van der Waals surface area contributed by atoms with E-state index in [4.69, 9.17) is 11.6 Å². The molecule has 0 aliphatic rings. The summed E-state index contributed by atoms with van der Waals surface area (Å²) < 4.78 is 0. The first kappa shape index (κ1) is 7.75. The van der Waals surface area contributed by atoms with E-state index in [0.29, 0.717) is 5.16 Å². The number of aromatic nitrogens is 3. The minimum atomic E-state index is 0.256. The summed E-state index contributed by atoms with van der Waals surface area (Å²) in [7, 11) is 0. The van der Waals surface area contributed by atoms with Crippen molar-refractivity contribution in [2.45, 2.75) is 12.1 Å². The predicted molar refractivity (Wildman–Crippen MR) is 41.2 cm³/mol. The zero-order valence-corrected chi connectivity index (χ0v) is 6.98. The smallest absolute Gasteiger partial charge is 0.211 e. The minimum Gasteiger partial charge on any atom is -0.211 e. The Bertz CT molecular complexity index is 218. The molecule has 0 spiro atoms. The summed E-state index contributed by atoms with van der Waals surface area (Å²) in [4.78, 5) is 11.4. The SMILES string of the molecule is CCSc1ncnc(Cl)n1. The van der Waals surface area contributed by atoms with Gasteiger partial charge in [-0.1, -0.05) is 18.7 Å². The fraction of sp³-hybridized carbons (Fsp3) is 0.400. The lowest BCUT2D eigenvalue weighted by Gasteiger charge is -1.93. The van der Waals surface area contributed by atoms with Gasteiger partial charge in [-0.05, 0) is 17.4 Å². The monoisotopic (exact) mass is 175 g/mol. The largest absolute Gasteiger partial charge is 0.226 e. The Morgan fingerprint density at radius 1 is 1.60 bits per heavy atom. The molecule has 0 atom stereocenters. The molecule has 0 unspecified atom stereocenters. The standard InChI is InChI=1S/C5H6ClN3S/c1-2-10-5-8-3-7-4(6)9-5/h3H,2H2,1H3. The maximum absolute atomic E-state index is 5.51. The van der Waals surface area contributed by atoms with E-state index in [1.807, 2.05) is 6.92 Å². The summed E-state index contributed by atoms with van der Waals surface area (Å²) in [6, 6.07) is 0. The van der Waals surface area contributed by atoms with Crippen LogP contribution in [0.3, 0.4) is 0 Å². The first-order valence-corrected chi connectivity index (χ1v) is 4.16. The summed E-state index contributed by atoms with van der Waals surface area (Å²) in [6.07, 6.45) is 1.41. The molecule has 0 saturated carbocycles. The van der Waals surface area contributed by atoms with Crippen LogP contribution in [0, 0.1) is 0 Å². The summed E-state index contributed by atoms with van der Waals surface area (Å²) in [5, 5.41) is 0.938. The molecular weight excluding hydrogens is 170 g/mol. The van der Waals surface area contributed by atoms with Gasteiger partial charge in [0, 0.05) is 0 Å². The van der Waals surface area contributed by atoms with E-state index in [0.717, 1.165) is 5.75 Å². The topological polar surface area (TPSA) is 38.7 Å². The molecule has 1 aromatic heterocycles. The van der Waals surface area contributed by atoms with Crippen LogP contribution in [-0.2, 0) is 0 Å². The second-order valence-corrected chi connectivity index (χ2v) is 3.04. The average molecular weight is 176 g/mol. The quantitative estimate of drug-likeness (QED) is 0.641. The third kappa shape index (κ3) is 2.11. The first-order valence-electron chi connectivity index (χ1n) is 2.80. The van der Waals surface area contributed by atoms with Gasteiger partial charge in [0.1, 0.15) is 6.33 Å². The van der Waals surface area contributed by atoms with E-state index in [-0.39, 0.29) is 5.28 Å². The van der Waals surface area contributed by atoms with Crippen molar-refractivity contribution in [3.8, 4) is 0 Å². The first-order chi connectivity index (χ1) is 4.83. The van der Waals surface area contributed by atoms with Crippen molar-refractivity contribution in [3.05, 3.63) is 11.6 Å². The molecule has 0 radical (unpaired) electrons. The van der Waals surface area contributed by atoms with Crippen molar-refractivity contribution in [1.82, 2.24) is 15.0 Å². The Morgan fingerprint density at radius 3 is 3.00 bits per heavy atom. The predicted octanol–water partition coefficient (Wildman–Crippen LogP) is 1.64. The van der Waals surface area contributed by atoms with E-state index in [1.54, 1.807) is 11.8 Å². The lowest BCUT2D eigenvalue weighted by Crippen LogP contribution is -1.88. The molecule has 1 heterocycles. The molecule has 5 heteroatoms. The summed E-state index contributed by atoms with van der Waals surface area (Å²) in [5.41, 5.74) is 0. The molecule has 1 aromatic rings. The van der Waals surface area contributed by atoms with Gasteiger partial charge in [0.15, 0.2) is 5.16 Å². The lowest BCUT2D eigenvalue weighted by molar-refractivity contribution is 0.903. The highest BCUT2D eigenvalue weighted by molar-refractivity contribution is 7.99. The third-order valence-corrected chi connectivity index (χ3v) is 1.72. The van der Waals surface area contributed by atoms with E-state index >= 15 is 0 Å². The molecule has 0 N–H and O–H groups in total. The lowest BCUT2D eigenvalue weighted by atomic mass is 11.0. The Kier molecular flexibility index (Phi) is 2.89. The molecule has 0 fully saturated rings. The van der Waals surface area contributed by atoms with Gasteiger partial charge < -0.3 is 0 Å². The summed E-state index contributed by atoms with van der Waals surface area (Å²) >= 11 is 7.05. The van der Waals surface area contributed by atoms with Crippen LogP contribution in [0.4, 0.5) is 0 Å². The van der Waals surface area contributed by atoms with Crippen molar-refractivity contribution in [2.75, 3.05) is 5.75 Å². The van der Waals surface area contributed by atoms with E-state index in [9.17, 15) is 0 Å². The molecular formula is C5H6ClN3S. The van der Waals surface area contributed by atoms with Crippen LogP contribution in [0.25, 0.3) is 0 Å². The van der Waals surface area contributed by atoms with Gasteiger partial charge in [-0.3, -0.25) is 0 Å². The van der Waals surface area contributed by atoms with Gasteiger partial charge in [0.2, 0.25) is 5.28 Å². The van der Waals surface area contributed by atoms with Gasteiger partial charge in [0.25, 0.3) is 0 Å². The number of hydrogen-bond acceptors (Lipinski definition) is 4. The zero-order valence-electron chi connectivity index (χ0n) is 5.41. The van der Waals surface area contributed by atoms with E-state index in [2.05, 4.69) is 15.0 Å². The van der Waals surface area contributed by atoms with Crippen LogP contribution in [0.1, 0.15) is 6.92 Å². The number of nitrogens with zero attached hydrogens (tertiary/aromatic N) is 3. The van der Waals surface area contributed by atoms with Gasteiger partial charge in [-0.25, -0.2) is 9.97 Å². The second-order valence-electron chi connectivity index (χ2n) is 1.47. The number of thioether (sulfide) groups is 1. The van der Waals surface area contributed by atoms with Gasteiger partial charge in [0.05, 0.1) is 0 Å². The van der Waals surface area contributed by atoms with Crippen LogP contribution < -0.4 is 0 Å². The maximum atomic E-state index is 5.51. The normalized spacial score (nSPS) is 9.80. The maximum Gasteiger partial charge on any atom is 0.226 e. The molecule has 0 saturated heterocycles. The van der Waals surface area contributed by atoms with Crippen molar-refractivity contribution >= 4 is 23.4 Å². The fourth-order valence-corrected chi connectivity index (χ4v) is 1.17. The van der Waals surface area contributed by atoms with Crippen molar-refractivity contribution in [3.63, 3.8) is 0 Å². The highest BCUT2D eigenvalue weighted by Crippen LogP contribution is 2.11. The van der Waals surface area contributed by atoms with Crippen LogP contribution in [0.2, 0.25) is 5.28 Å². The number of rotatable bonds is 2. The van der Waals surface area contributed by atoms with Crippen LogP contribution >= 0.6 is 23.4 Å². The minimum absolute atomic E-state index is 0.256. The Hall–Kier alpha value is -0.350. The summed E-state index contributed by atoms with van der Waals surface area (Å²) in [6.45, 7) is 2.03. The van der Waals surface area contributed by atoms with Gasteiger partial charge in [-0.2, -0.15) is 4.98 Å².